The number of benzene rings is 1. The predicted octanol–water partition coefficient (Wildman–Crippen LogP) is 4.60. The second-order valence-corrected chi connectivity index (χ2v) is 4.08. The summed E-state index contributed by atoms with van der Waals surface area (Å²) in [5, 5.41) is 0. The van der Waals surface area contributed by atoms with Crippen LogP contribution in [0.4, 0.5) is 13.2 Å². The predicted molar refractivity (Wildman–Crippen MR) is 62.3 cm³/mol. The molecule has 0 fully saturated rings. The SMILES string of the molecule is CC1(C(F)=C(F)F)C=CC=Cc2ccccc21. The Morgan fingerprint density at radius 2 is 1.76 bits per heavy atom. The van der Waals surface area contributed by atoms with Crippen LogP contribution < -0.4 is 0 Å². The lowest BCUT2D eigenvalue weighted by atomic mass is 9.79. The molecule has 0 bridgehead atoms. The van der Waals surface area contributed by atoms with Crippen LogP contribution in [0.15, 0.2) is 54.4 Å². The molecule has 0 N–H and O–H groups in total. The van der Waals surface area contributed by atoms with Crippen molar-refractivity contribution in [3.05, 3.63) is 65.5 Å². The summed E-state index contributed by atoms with van der Waals surface area (Å²) in [6.45, 7) is 1.45. The lowest BCUT2D eigenvalue weighted by molar-refractivity contribution is 0.346. The Labute approximate surface area is 97.8 Å². The van der Waals surface area contributed by atoms with Crippen molar-refractivity contribution < 1.29 is 13.2 Å². The standard InChI is InChI=1S/C14H11F3/c1-14(12(15)13(16)17)9-5-4-7-10-6-2-3-8-11(10)14/h2-9H,1H3. The molecule has 0 saturated heterocycles. The van der Waals surface area contributed by atoms with E-state index in [4.69, 9.17) is 0 Å². The van der Waals surface area contributed by atoms with Crippen molar-refractivity contribution in [3.63, 3.8) is 0 Å². The monoisotopic (exact) mass is 236 g/mol. The summed E-state index contributed by atoms with van der Waals surface area (Å²) < 4.78 is 38.8. The third-order valence-corrected chi connectivity index (χ3v) is 2.96. The van der Waals surface area contributed by atoms with Crippen LogP contribution in [-0.2, 0) is 5.41 Å². The molecule has 0 aromatic heterocycles. The van der Waals surface area contributed by atoms with Crippen molar-refractivity contribution in [2.24, 2.45) is 0 Å². The van der Waals surface area contributed by atoms with E-state index >= 15 is 0 Å². The Morgan fingerprint density at radius 1 is 1.06 bits per heavy atom. The second-order valence-electron chi connectivity index (χ2n) is 4.08. The second kappa shape index (κ2) is 4.24. The van der Waals surface area contributed by atoms with Crippen molar-refractivity contribution in [1.82, 2.24) is 0 Å². The normalized spacial score (nSPS) is 21.9. The summed E-state index contributed by atoms with van der Waals surface area (Å²) in [6.07, 6.45) is 4.26. The van der Waals surface area contributed by atoms with Gasteiger partial charge < -0.3 is 0 Å². The number of fused-ring (bicyclic) bond motifs is 1. The summed E-state index contributed by atoms with van der Waals surface area (Å²) in [6, 6.07) is 6.95. The van der Waals surface area contributed by atoms with E-state index in [1.807, 2.05) is 0 Å². The maximum atomic E-state index is 13.7. The average molecular weight is 236 g/mol. The smallest absolute Gasteiger partial charge is 0.205 e. The third-order valence-electron chi connectivity index (χ3n) is 2.96. The van der Waals surface area contributed by atoms with Gasteiger partial charge in [-0.2, -0.15) is 8.78 Å². The molecule has 1 atom stereocenters. The molecule has 0 spiro atoms. The van der Waals surface area contributed by atoms with E-state index in [2.05, 4.69) is 0 Å². The highest BCUT2D eigenvalue weighted by Crippen LogP contribution is 2.40. The molecule has 0 nitrogen and oxygen atoms in total. The van der Waals surface area contributed by atoms with Gasteiger partial charge in [-0.1, -0.05) is 48.6 Å². The van der Waals surface area contributed by atoms with Crippen molar-refractivity contribution >= 4 is 6.08 Å². The maximum Gasteiger partial charge on any atom is 0.302 e. The fraction of sp³-hybridized carbons (Fsp3) is 0.143. The molecule has 0 saturated carbocycles. The van der Waals surface area contributed by atoms with E-state index in [1.165, 1.54) is 13.0 Å². The Bertz CT molecular complexity index is 522. The molecule has 2 rings (SSSR count). The van der Waals surface area contributed by atoms with E-state index < -0.39 is 17.3 Å². The number of allylic oxidation sites excluding steroid dienone is 4. The van der Waals surface area contributed by atoms with Crippen LogP contribution in [0.5, 0.6) is 0 Å². The summed E-state index contributed by atoms with van der Waals surface area (Å²) in [7, 11) is 0. The van der Waals surface area contributed by atoms with E-state index in [0.29, 0.717) is 5.56 Å². The van der Waals surface area contributed by atoms with Gasteiger partial charge in [-0.05, 0) is 18.1 Å². The largest absolute Gasteiger partial charge is 0.302 e. The van der Waals surface area contributed by atoms with E-state index in [9.17, 15) is 13.2 Å². The first-order chi connectivity index (χ1) is 8.05. The van der Waals surface area contributed by atoms with Crippen molar-refractivity contribution in [2.45, 2.75) is 12.3 Å². The molecule has 1 aliphatic rings. The first-order valence-corrected chi connectivity index (χ1v) is 5.22. The number of halogens is 3. The molecule has 0 amide bonds. The van der Waals surface area contributed by atoms with Crippen LogP contribution in [0.2, 0.25) is 0 Å². The first kappa shape index (κ1) is 11.7. The van der Waals surface area contributed by atoms with E-state index in [0.717, 1.165) is 5.56 Å². The fourth-order valence-corrected chi connectivity index (χ4v) is 2.00. The zero-order valence-electron chi connectivity index (χ0n) is 9.25. The molecule has 0 radical (unpaired) electrons. The summed E-state index contributed by atoms with van der Waals surface area (Å²) in [5.41, 5.74) is -0.120. The molecule has 3 heteroatoms. The minimum absolute atomic E-state index is 0.537. The maximum absolute atomic E-state index is 13.7. The van der Waals surface area contributed by atoms with Gasteiger partial charge in [-0.15, -0.1) is 0 Å². The minimum Gasteiger partial charge on any atom is -0.205 e. The third kappa shape index (κ3) is 1.93. The molecule has 0 aliphatic heterocycles. The van der Waals surface area contributed by atoms with Gasteiger partial charge in [0.2, 0.25) is 0 Å². The Balaban J connectivity index is 2.69. The van der Waals surface area contributed by atoms with Gasteiger partial charge in [0.15, 0.2) is 5.83 Å². The first-order valence-electron chi connectivity index (χ1n) is 5.22. The van der Waals surface area contributed by atoms with Gasteiger partial charge >= 0.3 is 6.08 Å². The highest BCUT2D eigenvalue weighted by Gasteiger charge is 2.34. The highest BCUT2D eigenvalue weighted by molar-refractivity contribution is 5.62. The van der Waals surface area contributed by atoms with Crippen LogP contribution in [0.1, 0.15) is 18.1 Å². The molecule has 1 aliphatic carbocycles. The number of hydrogen-bond acceptors (Lipinski definition) is 0. The zero-order chi connectivity index (χ0) is 12.5. The molecular weight excluding hydrogens is 225 g/mol. The van der Waals surface area contributed by atoms with Crippen LogP contribution in [0.25, 0.3) is 6.08 Å². The molecule has 1 aromatic carbocycles. The van der Waals surface area contributed by atoms with Gasteiger partial charge in [-0.3, -0.25) is 0 Å². The van der Waals surface area contributed by atoms with Crippen molar-refractivity contribution in [2.75, 3.05) is 0 Å². The summed E-state index contributed by atoms with van der Waals surface area (Å²) in [5.74, 6) is -1.40. The average Bonchev–Trinajstić information content (AvgIpc) is 2.49. The summed E-state index contributed by atoms with van der Waals surface area (Å²) in [4.78, 5) is 0. The zero-order valence-corrected chi connectivity index (χ0v) is 9.25. The van der Waals surface area contributed by atoms with Crippen LogP contribution in [0.3, 0.4) is 0 Å². The Morgan fingerprint density at radius 3 is 2.47 bits per heavy atom. The lowest BCUT2D eigenvalue weighted by Gasteiger charge is -2.25. The van der Waals surface area contributed by atoms with Gasteiger partial charge in [-0.25, -0.2) is 4.39 Å². The molecule has 88 valence electrons. The van der Waals surface area contributed by atoms with E-state index in [-0.39, 0.29) is 0 Å². The fourth-order valence-electron chi connectivity index (χ4n) is 2.00. The van der Waals surface area contributed by atoms with Crippen LogP contribution >= 0.6 is 0 Å². The topological polar surface area (TPSA) is 0 Å². The van der Waals surface area contributed by atoms with E-state index in [1.54, 1.807) is 42.5 Å². The molecular formula is C14H11F3. The summed E-state index contributed by atoms with van der Waals surface area (Å²) >= 11 is 0. The van der Waals surface area contributed by atoms with Gasteiger partial charge in [0.05, 0.1) is 5.41 Å². The minimum atomic E-state index is -2.27. The van der Waals surface area contributed by atoms with Crippen molar-refractivity contribution in [3.8, 4) is 0 Å². The number of rotatable bonds is 1. The lowest BCUT2D eigenvalue weighted by Crippen LogP contribution is -2.21. The highest BCUT2D eigenvalue weighted by atomic mass is 19.3. The number of hydrogen-bond donors (Lipinski definition) is 0. The molecule has 1 unspecified atom stereocenters. The molecule has 1 aromatic rings. The Kier molecular flexibility index (Phi) is 2.92. The van der Waals surface area contributed by atoms with Crippen molar-refractivity contribution in [1.29, 1.82) is 0 Å². The van der Waals surface area contributed by atoms with Crippen LogP contribution in [0, 0.1) is 0 Å². The van der Waals surface area contributed by atoms with Gasteiger partial charge in [0, 0.05) is 0 Å². The van der Waals surface area contributed by atoms with Crippen LogP contribution in [-0.4, -0.2) is 0 Å². The quantitative estimate of drug-likeness (QED) is 0.668. The molecule has 0 heterocycles. The molecule has 17 heavy (non-hydrogen) atoms. The Hall–Kier alpha value is -1.77. The van der Waals surface area contributed by atoms with Gasteiger partial charge in [0.1, 0.15) is 0 Å². The van der Waals surface area contributed by atoms with Gasteiger partial charge in [0.25, 0.3) is 0 Å².